The van der Waals surface area contributed by atoms with Crippen molar-refractivity contribution in [3.05, 3.63) is 52.3 Å². The number of carbonyl (C=O) groups excluding carboxylic acids is 1. The Morgan fingerprint density at radius 2 is 2.14 bits per heavy atom. The van der Waals surface area contributed by atoms with E-state index in [4.69, 9.17) is 4.74 Å². The molecule has 22 heavy (non-hydrogen) atoms. The first kappa shape index (κ1) is 14.5. The molecule has 1 N–H and O–H groups in total. The minimum absolute atomic E-state index is 0.336. The molecular weight excluding hydrogens is 296 g/mol. The highest BCUT2D eigenvalue weighted by Gasteiger charge is 2.17. The predicted molar refractivity (Wildman–Crippen MR) is 90.0 cm³/mol. The van der Waals surface area contributed by atoms with Crippen LogP contribution in [0.1, 0.15) is 22.2 Å². The summed E-state index contributed by atoms with van der Waals surface area (Å²) >= 11 is 1.66. The van der Waals surface area contributed by atoms with Crippen LogP contribution in [0.4, 0.5) is 11.4 Å². The molecule has 5 heteroatoms. The molecule has 0 fully saturated rings. The van der Waals surface area contributed by atoms with Gasteiger partial charge in [0.1, 0.15) is 5.56 Å². The fourth-order valence-electron chi connectivity index (χ4n) is 2.29. The molecule has 1 aromatic carbocycles. The average molecular weight is 312 g/mol. The third kappa shape index (κ3) is 2.67. The molecular formula is C17H16N2O2S. The van der Waals surface area contributed by atoms with Crippen molar-refractivity contribution in [1.29, 1.82) is 0 Å². The second-order valence-electron chi connectivity index (χ2n) is 4.80. The highest BCUT2D eigenvalue weighted by molar-refractivity contribution is 7.10. The summed E-state index contributed by atoms with van der Waals surface area (Å²) in [7, 11) is 0. The van der Waals surface area contributed by atoms with Gasteiger partial charge in [0, 0.05) is 16.5 Å². The Hall–Kier alpha value is -2.40. The van der Waals surface area contributed by atoms with Gasteiger partial charge in [0.15, 0.2) is 0 Å². The van der Waals surface area contributed by atoms with Gasteiger partial charge >= 0.3 is 5.97 Å². The standard InChI is InChI=1S/C17H16N2O2S/c1-3-21-17(20)13-10-18-15-7-5-4-6-12(15)16(13)19-14-8-9-22-11(14)2/h4-10H,3H2,1-2H3,(H,18,19). The first-order chi connectivity index (χ1) is 10.7. The van der Waals surface area contributed by atoms with E-state index in [-0.39, 0.29) is 5.97 Å². The van der Waals surface area contributed by atoms with Gasteiger partial charge in [-0.25, -0.2) is 4.79 Å². The lowest BCUT2D eigenvalue weighted by Crippen LogP contribution is -2.09. The summed E-state index contributed by atoms with van der Waals surface area (Å²) in [5.74, 6) is -0.365. The first-order valence-electron chi connectivity index (χ1n) is 7.06. The maximum absolute atomic E-state index is 12.2. The van der Waals surface area contributed by atoms with E-state index < -0.39 is 0 Å². The number of thiophene rings is 1. The van der Waals surface area contributed by atoms with Crippen LogP contribution in [0.5, 0.6) is 0 Å². The lowest BCUT2D eigenvalue weighted by molar-refractivity contribution is 0.0527. The Bertz CT molecular complexity index is 826. The smallest absolute Gasteiger partial charge is 0.341 e. The monoisotopic (exact) mass is 312 g/mol. The number of anilines is 2. The van der Waals surface area contributed by atoms with E-state index >= 15 is 0 Å². The summed E-state index contributed by atoms with van der Waals surface area (Å²) in [6.45, 7) is 4.17. The molecule has 0 amide bonds. The lowest BCUT2D eigenvalue weighted by atomic mass is 10.1. The summed E-state index contributed by atoms with van der Waals surface area (Å²) < 4.78 is 5.15. The SMILES string of the molecule is CCOC(=O)c1cnc2ccccc2c1Nc1ccsc1C. The number of aryl methyl sites for hydroxylation is 1. The van der Waals surface area contributed by atoms with Crippen LogP contribution in [-0.2, 0) is 4.74 Å². The fraction of sp³-hybridized carbons (Fsp3) is 0.176. The minimum atomic E-state index is -0.365. The maximum atomic E-state index is 12.2. The largest absolute Gasteiger partial charge is 0.462 e. The molecule has 0 atom stereocenters. The third-order valence-electron chi connectivity index (χ3n) is 3.39. The number of carbonyl (C=O) groups is 1. The zero-order valence-electron chi connectivity index (χ0n) is 12.4. The number of nitrogens with zero attached hydrogens (tertiary/aromatic N) is 1. The summed E-state index contributed by atoms with van der Waals surface area (Å²) in [5.41, 5.74) is 3.02. The fourth-order valence-corrected chi connectivity index (χ4v) is 2.94. The number of benzene rings is 1. The number of hydrogen-bond donors (Lipinski definition) is 1. The molecule has 0 saturated heterocycles. The number of fused-ring (bicyclic) bond motifs is 1. The molecule has 2 aromatic heterocycles. The van der Waals surface area contributed by atoms with Gasteiger partial charge in [0.2, 0.25) is 0 Å². The van der Waals surface area contributed by atoms with Crippen molar-refractivity contribution in [2.24, 2.45) is 0 Å². The van der Waals surface area contributed by atoms with E-state index in [9.17, 15) is 4.79 Å². The van der Waals surface area contributed by atoms with Crippen LogP contribution in [0.3, 0.4) is 0 Å². The summed E-state index contributed by atoms with van der Waals surface area (Å²) in [6.07, 6.45) is 1.57. The van der Waals surface area contributed by atoms with E-state index in [2.05, 4.69) is 10.3 Å². The van der Waals surface area contributed by atoms with Crippen LogP contribution in [0.15, 0.2) is 41.9 Å². The van der Waals surface area contributed by atoms with Crippen molar-refractivity contribution >= 4 is 39.6 Å². The van der Waals surface area contributed by atoms with E-state index in [0.29, 0.717) is 12.2 Å². The Labute approximate surface area is 132 Å². The first-order valence-corrected chi connectivity index (χ1v) is 7.94. The molecule has 112 valence electrons. The molecule has 0 spiro atoms. The average Bonchev–Trinajstić information content (AvgIpc) is 2.93. The van der Waals surface area contributed by atoms with Gasteiger partial charge in [-0.1, -0.05) is 18.2 Å². The van der Waals surface area contributed by atoms with Gasteiger partial charge in [0.05, 0.1) is 23.5 Å². The number of esters is 1. The molecule has 0 aliphatic heterocycles. The van der Waals surface area contributed by atoms with Gasteiger partial charge in [-0.05, 0) is 31.4 Å². The highest BCUT2D eigenvalue weighted by atomic mass is 32.1. The van der Waals surface area contributed by atoms with Crippen molar-refractivity contribution in [1.82, 2.24) is 4.98 Å². The van der Waals surface area contributed by atoms with Crippen molar-refractivity contribution in [3.63, 3.8) is 0 Å². The number of para-hydroxylation sites is 1. The molecule has 0 saturated carbocycles. The molecule has 0 aliphatic carbocycles. The zero-order valence-corrected chi connectivity index (χ0v) is 13.2. The molecule has 0 unspecified atom stereocenters. The quantitative estimate of drug-likeness (QED) is 0.719. The van der Waals surface area contributed by atoms with Gasteiger partial charge in [-0.2, -0.15) is 0 Å². The van der Waals surface area contributed by atoms with Crippen LogP contribution in [-0.4, -0.2) is 17.6 Å². The number of ether oxygens (including phenoxy) is 1. The number of aromatic nitrogens is 1. The van der Waals surface area contributed by atoms with Crippen molar-refractivity contribution < 1.29 is 9.53 Å². The number of pyridine rings is 1. The minimum Gasteiger partial charge on any atom is -0.462 e. The summed E-state index contributed by atoms with van der Waals surface area (Å²) in [5, 5.41) is 6.29. The van der Waals surface area contributed by atoms with Crippen LogP contribution in [0.2, 0.25) is 0 Å². The Balaban J connectivity index is 2.16. The Morgan fingerprint density at radius 3 is 2.86 bits per heavy atom. The summed E-state index contributed by atoms with van der Waals surface area (Å²) in [4.78, 5) is 17.7. The molecule has 4 nitrogen and oxygen atoms in total. The number of nitrogens with one attached hydrogen (secondary N) is 1. The molecule has 0 aliphatic rings. The zero-order chi connectivity index (χ0) is 15.5. The Morgan fingerprint density at radius 1 is 1.32 bits per heavy atom. The van der Waals surface area contributed by atoms with Gasteiger partial charge in [-0.3, -0.25) is 4.98 Å². The topological polar surface area (TPSA) is 51.2 Å². The van der Waals surface area contributed by atoms with Crippen LogP contribution in [0.25, 0.3) is 10.9 Å². The van der Waals surface area contributed by atoms with E-state index in [0.717, 1.165) is 27.2 Å². The second-order valence-corrected chi connectivity index (χ2v) is 5.92. The van der Waals surface area contributed by atoms with Crippen molar-refractivity contribution in [2.45, 2.75) is 13.8 Å². The second kappa shape index (κ2) is 6.15. The third-order valence-corrected chi connectivity index (χ3v) is 4.23. The van der Waals surface area contributed by atoms with Crippen molar-refractivity contribution in [2.75, 3.05) is 11.9 Å². The van der Waals surface area contributed by atoms with Crippen LogP contribution >= 0.6 is 11.3 Å². The predicted octanol–water partition coefficient (Wildman–Crippen LogP) is 4.53. The normalized spacial score (nSPS) is 10.6. The van der Waals surface area contributed by atoms with Crippen LogP contribution < -0.4 is 5.32 Å². The number of rotatable bonds is 4. The molecule has 3 rings (SSSR count). The Kier molecular flexibility index (Phi) is 4.06. The molecule has 2 heterocycles. The van der Waals surface area contributed by atoms with Crippen LogP contribution in [0, 0.1) is 6.92 Å². The van der Waals surface area contributed by atoms with E-state index in [1.807, 2.05) is 42.6 Å². The van der Waals surface area contributed by atoms with Crippen molar-refractivity contribution in [3.8, 4) is 0 Å². The maximum Gasteiger partial charge on any atom is 0.341 e. The molecule has 0 bridgehead atoms. The van der Waals surface area contributed by atoms with Gasteiger partial charge in [-0.15, -0.1) is 11.3 Å². The summed E-state index contributed by atoms with van der Waals surface area (Å²) in [6, 6.07) is 9.75. The van der Waals surface area contributed by atoms with E-state index in [1.54, 1.807) is 24.5 Å². The molecule has 3 aromatic rings. The number of hydrogen-bond acceptors (Lipinski definition) is 5. The highest BCUT2D eigenvalue weighted by Crippen LogP contribution is 2.32. The van der Waals surface area contributed by atoms with Gasteiger partial charge < -0.3 is 10.1 Å². The lowest BCUT2D eigenvalue weighted by Gasteiger charge is -2.13. The van der Waals surface area contributed by atoms with Gasteiger partial charge in [0.25, 0.3) is 0 Å². The van der Waals surface area contributed by atoms with E-state index in [1.165, 1.54) is 0 Å². The molecule has 0 radical (unpaired) electrons.